The van der Waals surface area contributed by atoms with E-state index in [4.69, 9.17) is 9.47 Å². The fourth-order valence-corrected chi connectivity index (χ4v) is 4.28. The van der Waals surface area contributed by atoms with Crippen molar-refractivity contribution < 1.29 is 19.1 Å². The molecule has 0 aliphatic carbocycles. The van der Waals surface area contributed by atoms with Crippen LogP contribution in [-0.4, -0.2) is 41.4 Å². The first-order valence-electron chi connectivity index (χ1n) is 10.7. The van der Waals surface area contributed by atoms with Crippen LogP contribution in [0, 0.1) is 0 Å². The molecule has 0 saturated heterocycles. The fraction of sp³-hybridized carbons (Fsp3) is 0.154. The third-order valence-corrected chi connectivity index (χ3v) is 6.20. The zero-order chi connectivity index (χ0) is 24.8. The van der Waals surface area contributed by atoms with Crippen molar-refractivity contribution in [2.24, 2.45) is 0 Å². The van der Waals surface area contributed by atoms with Crippen molar-refractivity contribution in [1.82, 2.24) is 9.55 Å². The maximum atomic E-state index is 13.3. The van der Waals surface area contributed by atoms with Crippen molar-refractivity contribution in [2.75, 3.05) is 25.3 Å². The maximum Gasteiger partial charge on any atom is 0.337 e. The number of thioether (sulfide) groups is 1. The van der Waals surface area contributed by atoms with E-state index in [1.54, 1.807) is 54.1 Å². The summed E-state index contributed by atoms with van der Waals surface area (Å²) >= 11 is 1.17. The van der Waals surface area contributed by atoms with Crippen LogP contribution in [0.25, 0.3) is 10.9 Å². The Bertz CT molecular complexity index is 1430. The lowest BCUT2D eigenvalue weighted by Gasteiger charge is -2.14. The highest BCUT2D eigenvalue weighted by Gasteiger charge is 2.15. The molecule has 0 radical (unpaired) electrons. The number of hydrogen-bond donors (Lipinski definition) is 1. The van der Waals surface area contributed by atoms with Gasteiger partial charge in [-0.3, -0.25) is 14.2 Å². The highest BCUT2D eigenvalue weighted by molar-refractivity contribution is 7.99. The van der Waals surface area contributed by atoms with E-state index in [0.29, 0.717) is 33.9 Å². The van der Waals surface area contributed by atoms with Crippen molar-refractivity contribution in [1.29, 1.82) is 0 Å². The van der Waals surface area contributed by atoms with Gasteiger partial charge in [0, 0.05) is 5.69 Å². The standard InChI is InChI=1S/C26H23N3O5S/c1-33-20-12-10-17(11-13-20)15-29-24(31)21-8-3-4-9-22(21)28-26(29)35-16-23(30)27-19-7-5-6-18(14-19)25(32)34-2/h3-14H,15-16H2,1-2H3,(H,27,30). The Morgan fingerprint density at radius 1 is 1.00 bits per heavy atom. The highest BCUT2D eigenvalue weighted by atomic mass is 32.2. The van der Waals surface area contributed by atoms with Crippen LogP contribution in [0.15, 0.2) is 82.7 Å². The zero-order valence-corrected chi connectivity index (χ0v) is 20.0. The van der Waals surface area contributed by atoms with E-state index in [0.717, 1.165) is 11.3 Å². The number of rotatable bonds is 8. The normalized spacial score (nSPS) is 10.7. The zero-order valence-electron chi connectivity index (χ0n) is 19.2. The Labute approximate surface area is 205 Å². The minimum absolute atomic E-state index is 0.0237. The molecule has 1 amide bonds. The van der Waals surface area contributed by atoms with Crippen LogP contribution in [0.4, 0.5) is 5.69 Å². The summed E-state index contributed by atoms with van der Waals surface area (Å²) in [5.74, 6) is -0.0374. The minimum atomic E-state index is -0.488. The van der Waals surface area contributed by atoms with E-state index >= 15 is 0 Å². The summed E-state index contributed by atoms with van der Waals surface area (Å²) in [6, 6.07) is 21.1. The molecule has 178 valence electrons. The monoisotopic (exact) mass is 489 g/mol. The van der Waals surface area contributed by atoms with E-state index in [9.17, 15) is 14.4 Å². The van der Waals surface area contributed by atoms with E-state index in [1.807, 2.05) is 30.3 Å². The van der Waals surface area contributed by atoms with Crippen LogP contribution in [0.1, 0.15) is 15.9 Å². The first-order valence-corrected chi connectivity index (χ1v) is 11.7. The number of fused-ring (bicyclic) bond motifs is 1. The lowest BCUT2D eigenvalue weighted by molar-refractivity contribution is -0.113. The third-order valence-electron chi connectivity index (χ3n) is 5.23. The Morgan fingerprint density at radius 2 is 1.77 bits per heavy atom. The summed E-state index contributed by atoms with van der Waals surface area (Å²) in [6.07, 6.45) is 0. The summed E-state index contributed by atoms with van der Waals surface area (Å²) in [6.45, 7) is 0.297. The number of nitrogens with zero attached hydrogens (tertiary/aromatic N) is 2. The molecule has 4 aromatic rings. The average molecular weight is 490 g/mol. The predicted molar refractivity (Wildman–Crippen MR) is 135 cm³/mol. The molecular formula is C26H23N3O5S. The van der Waals surface area contributed by atoms with Gasteiger partial charge in [-0.25, -0.2) is 9.78 Å². The Kier molecular flexibility index (Phi) is 7.47. The largest absolute Gasteiger partial charge is 0.497 e. The molecule has 0 aliphatic rings. The number of aromatic nitrogens is 2. The van der Waals surface area contributed by atoms with Crippen LogP contribution in [0.5, 0.6) is 5.75 Å². The maximum absolute atomic E-state index is 13.3. The molecule has 1 aromatic heterocycles. The van der Waals surface area contributed by atoms with E-state index in [1.165, 1.54) is 18.9 Å². The second-order valence-electron chi connectivity index (χ2n) is 7.56. The molecule has 0 unspecified atom stereocenters. The Morgan fingerprint density at radius 3 is 2.51 bits per heavy atom. The minimum Gasteiger partial charge on any atom is -0.497 e. The van der Waals surface area contributed by atoms with Crippen molar-refractivity contribution in [3.05, 3.63) is 94.3 Å². The molecule has 0 fully saturated rings. The van der Waals surface area contributed by atoms with Gasteiger partial charge in [-0.15, -0.1) is 0 Å². The number of hydrogen-bond acceptors (Lipinski definition) is 7. The first kappa shape index (κ1) is 24.0. The first-order chi connectivity index (χ1) is 17.0. The van der Waals surface area contributed by atoms with Gasteiger partial charge in [-0.05, 0) is 48.0 Å². The molecule has 8 nitrogen and oxygen atoms in total. The third kappa shape index (κ3) is 5.70. The van der Waals surface area contributed by atoms with E-state index in [2.05, 4.69) is 10.3 Å². The summed E-state index contributed by atoms with van der Waals surface area (Å²) in [5.41, 5.74) is 2.09. The van der Waals surface area contributed by atoms with Crippen LogP contribution in [0.2, 0.25) is 0 Å². The van der Waals surface area contributed by atoms with Gasteiger partial charge >= 0.3 is 5.97 Å². The highest BCUT2D eigenvalue weighted by Crippen LogP contribution is 2.21. The number of ether oxygens (including phenoxy) is 2. The summed E-state index contributed by atoms with van der Waals surface area (Å²) in [7, 11) is 2.89. The SMILES string of the molecule is COC(=O)c1cccc(NC(=O)CSc2nc3ccccc3c(=O)n2Cc2ccc(OC)cc2)c1. The quantitative estimate of drug-likeness (QED) is 0.227. The molecule has 3 aromatic carbocycles. The van der Waals surface area contributed by atoms with Gasteiger partial charge in [0.15, 0.2) is 5.16 Å². The summed E-state index contributed by atoms with van der Waals surface area (Å²) in [4.78, 5) is 42.3. The molecule has 4 rings (SSSR count). The molecule has 0 bridgehead atoms. The number of benzene rings is 3. The number of anilines is 1. The van der Waals surface area contributed by atoms with E-state index < -0.39 is 5.97 Å². The molecule has 1 heterocycles. The molecule has 35 heavy (non-hydrogen) atoms. The van der Waals surface area contributed by atoms with Gasteiger partial charge in [0.25, 0.3) is 5.56 Å². The molecular weight excluding hydrogens is 466 g/mol. The van der Waals surface area contributed by atoms with Crippen molar-refractivity contribution in [3.8, 4) is 5.75 Å². The van der Waals surface area contributed by atoms with Gasteiger partial charge in [0.05, 0.1) is 43.0 Å². The number of nitrogens with one attached hydrogen (secondary N) is 1. The van der Waals surface area contributed by atoms with Gasteiger partial charge in [-0.1, -0.05) is 42.1 Å². The molecule has 0 spiro atoms. The second-order valence-corrected chi connectivity index (χ2v) is 8.50. The van der Waals surface area contributed by atoms with Gasteiger partial charge in [-0.2, -0.15) is 0 Å². The molecule has 1 N–H and O–H groups in total. The smallest absolute Gasteiger partial charge is 0.337 e. The van der Waals surface area contributed by atoms with Gasteiger partial charge < -0.3 is 14.8 Å². The molecule has 0 saturated carbocycles. The summed E-state index contributed by atoms with van der Waals surface area (Å²) < 4.78 is 11.5. The second kappa shape index (κ2) is 10.9. The van der Waals surface area contributed by atoms with Crippen molar-refractivity contribution in [3.63, 3.8) is 0 Å². The van der Waals surface area contributed by atoms with Crippen molar-refractivity contribution in [2.45, 2.75) is 11.7 Å². The van der Waals surface area contributed by atoms with Crippen LogP contribution < -0.4 is 15.6 Å². The topological polar surface area (TPSA) is 99.5 Å². The van der Waals surface area contributed by atoms with Gasteiger partial charge in [0.2, 0.25) is 5.91 Å². The number of esters is 1. The number of methoxy groups -OCH3 is 2. The molecule has 0 atom stereocenters. The number of amides is 1. The van der Waals surface area contributed by atoms with Crippen molar-refractivity contribution >= 4 is 40.2 Å². The van der Waals surface area contributed by atoms with Crippen LogP contribution >= 0.6 is 11.8 Å². The Balaban J connectivity index is 1.57. The number of carbonyl (C=O) groups excluding carboxylic acids is 2. The van der Waals surface area contributed by atoms with Crippen LogP contribution in [-0.2, 0) is 16.1 Å². The van der Waals surface area contributed by atoms with Crippen LogP contribution in [0.3, 0.4) is 0 Å². The number of carbonyl (C=O) groups is 2. The number of para-hydroxylation sites is 1. The van der Waals surface area contributed by atoms with E-state index in [-0.39, 0.29) is 17.2 Å². The molecule has 9 heteroatoms. The fourth-order valence-electron chi connectivity index (χ4n) is 3.48. The lowest BCUT2D eigenvalue weighted by Crippen LogP contribution is -2.25. The molecule has 0 aliphatic heterocycles. The lowest BCUT2D eigenvalue weighted by atomic mass is 10.2. The van der Waals surface area contributed by atoms with Gasteiger partial charge in [0.1, 0.15) is 5.75 Å². The average Bonchev–Trinajstić information content (AvgIpc) is 2.89. The summed E-state index contributed by atoms with van der Waals surface area (Å²) in [5, 5.41) is 3.71. The Hall–Kier alpha value is -4.11. The predicted octanol–water partition coefficient (Wildman–Crippen LogP) is 3.97.